The quantitative estimate of drug-likeness (QED) is 0.831. The van der Waals surface area contributed by atoms with E-state index in [0.717, 1.165) is 18.5 Å². The highest BCUT2D eigenvalue weighted by Crippen LogP contribution is 2.30. The van der Waals surface area contributed by atoms with Gasteiger partial charge in [-0.3, -0.25) is 4.79 Å². The summed E-state index contributed by atoms with van der Waals surface area (Å²) in [5.74, 6) is 0. The van der Waals surface area contributed by atoms with E-state index in [1.807, 2.05) is 6.07 Å². The van der Waals surface area contributed by atoms with Crippen molar-refractivity contribution in [2.24, 2.45) is 0 Å². The van der Waals surface area contributed by atoms with Gasteiger partial charge in [-0.2, -0.15) is 0 Å². The number of aryl methyl sites for hydroxylation is 1. The Hall–Kier alpha value is -2.03. The number of aromatic nitrogens is 1. The largest absolute Gasteiger partial charge is 0.374 e. The highest BCUT2D eigenvalue weighted by Gasteiger charge is 2.13. The molecule has 92 valence electrons. The van der Waals surface area contributed by atoms with E-state index in [1.165, 1.54) is 23.2 Å². The molecule has 0 aliphatic carbocycles. The fourth-order valence-electron chi connectivity index (χ4n) is 2.55. The van der Waals surface area contributed by atoms with Crippen LogP contribution in [-0.2, 0) is 6.42 Å². The molecule has 1 aliphatic rings. The molecule has 2 aromatic rings. The number of rotatable bonds is 1. The van der Waals surface area contributed by atoms with Gasteiger partial charge in [-0.15, -0.1) is 0 Å². The number of nitrogens with zero attached hydrogens (tertiary/aromatic N) is 1. The molecule has 0 spiro atoms. The van der Waals surface area contributed by atoms with Crippen LogP contribution in [0.5, 0.6) is 0 Å². The van der Waals surface area contributed by atoms with Gasteiger partial charge in [-0.1, -0.05) is 6.07 Å². The van der Waals surface area contributed by atoms with Crippen molar-refractivity contribution in [3.63, 3.8) is 0 Å². The number of hydrogen-bond donors (Lipinski definition) is 1. The summed E-state index contributed by atoms with van der Waals surface area (Å²) in [5, 5.41) is 0. The molecule has 0 radical (unpaired) electrons. The van der Waals surface area contributed by atoms with Crippen LogP contribution in [0.2, 0.25) is 0 Å². The predicted octanol–water partition coefficient (Wildman–Crippen LogP) is 2.42. The smallest absolute Gasteiger partial charge is 0.247 e. The lowest BCUT2D eigenvalue weighted by Crippen LogP contribution is -2.24. The number of pyridine rings is 1. The van der Waals surface area contributed by atoms with Crippen molar-refractivity contribution in [1.29, 1.82) is 0 Å². The second-order valence-electron chi connectivity index (χ2n) is 4.81. The minimum absolute atomic E-state index is 0.0588. The third-order valence-corrected chi connectivity index (χ3v) is 3.55. The van der Waals surface area contributed by atoms with Crippen molar-refractivity contribution in [2.45, 2.75) is 12.8 Å². The minimum atomic E-state index is -0.0588. The molecule has 18 heavy (non-hydrogen) atoms. The van der Waals surface area contributed by atoms with Gasteiger partial charge in [-0.25, -0.2) is 0 Å². The average molecular weight is 240 g/mol. The Kier molecular flexibility index (Phi) is 2.67. The van der Waals surface area contributed by atoms with E-state index in [2.05, 4.69) is 35.1 Å². The molecular formula is C15H16N2O. The lowest BCUT2D eigenvalue weighted by molar-refractivity contribution is 0.745. The molecule has 1 aromatic carbocycles. The molecule has 0 fully saturated rings. The Labute approximate surface area is 106 Å². The average Bonchev–Trinajstić information content (AvgIpc) is 2.39. The molecule has 1 aliphatic heterocycles. The van der Waals surface area contributed by atoms with Gasteiger partial charge in [0.2, 0.25) is 5.56 Å². The lowest BCUT2D eigenvalue weighted by Gasteiger charge is -2.27. The zero-order valence-electron chi connectivity index (χ0n) is 10.4. The molecule has 3 rings (SSSR count). The molecule has 0 atom stereocenters. The molecule has 0 unspecified atom stereocenters. The van der Waals surface area contributed by atoms with Crippen LogP contribution < -0.4 is 10.5 Å². The first-order valence-electron chi connectivity index (χ1n) is 6.27. The van der Waals surface area contributed by atoms with Crippen LogP contribution in [0.4, 0.5) is 5.69 Å². The minimum Gasteiger partial charge on any atom is -0.374 e. The molecule has 3 nitrogen and oxygen atoms in total. The molecule has 0 saturated heterocycles. The molecule has 1 N–H and O–H groups in total. The van der Waals surface area contributed by atoms with Crippen LogP contribution in [0.15, 0.2) is 41.3 Å². The van der Waals surface area contributed by atoms with Gasteiger partial charge in [0.15, 0.2) is 0 Å². The zero-order valence-corrected chi connectivity index (χ0v) is 10.4. The van der Waals surface area contributed by atoms with Crippen LogP contribution in [0.25, 0.3) is 11.1 Å². The molecule has 0 saturated carbocycles. The maximum absolute atomic E-state index is 11.1. The monoisotopic (exact) mass is 240 g/mol. The fourth-order valence-corrected chi connectivity index (χ4v) is 2.55. The van der Waals surface area contributed by atoms with E-state index >= 15 is 0 Å². The number of anilines is 1. The number of nitrogens with one attached hydrogen (secondary N) is 1. The van der Waals surface area contributed by atoms with E-state index < -0.39 is 0 Å². The first-order valence-corrected chi connectivity index (χ1v) is 6.27. The van der Waals surface area contributed by atoms with Gasteiger partial charge in [0, 0.05) is 31.5 Å². The summed E-state index contributed by atoms with van der Waals surface area (Å²) in [5.41, 5.74) is 4.89. The maximum Gasteiger partial charge on any atom is 0.247 e. The summed E-state index contributed by atoms with van der Waals surface area (Å²) in [6, 6.07) is 9.97. The van der Waals surface area contributed by atoms with E-state index in [9.17, 15) is 4.79 Å². The molecule has 0 bridgehead atoms. The van der Waals surface area contributed by atoms with Crippen molar-refractivity contribution >= 4 is 5.69 Å². The van der Waals surface area contributed by atoms with E-state index in [4.69, 9.17) is 0 Å². The van der Waals surface area contributed by atoms with E-state index in [-0.39, 0.29) is 5.56 Å². The summed E-state index contributed by atoms with van der Waals surface area (Å²) in [4.78, 5) is 16.1. The second-order valence-corrected chi connectivity index (χ2v) is 4.81. The van der Waals surface area contributed by atoms with Crippen LogP contribution >= 0.6 is 0 Å². The van der Waals surface area contributed by atoms with Crippen LogP contribution in [0, 0.1) is 0 Å². The predicted molar refractivity (Wildman–Crippen MR) is 74.1 cm³/mol. The Bertz CT molecular complexity index is 610. The normalized spacial score (nSPS) is 14.4. The molecule has 2 heterocycles. The number of benzene rings is 1. The number of H-pyrrole nitrogens is 1. The van der Waals surface area contributed by atoms with E-state index in [0.29, 0.717) is 0 Å². The number of hydrogen-bond acceptors (Lipinski definition) is 2. The standard InChI is InChI=1S/C15H16N2O/c1-17-8-2-3-12-9-11(4-6-14(12)17)13-5-7-15(18)16-10-13/h4-7,9-10H,2-3,8H2,1H3,(H,16,18). The Morgan fingerprint density at radius 3 is 2.78 bits per heavy atom. The fraction of sp³-hybridized carbons (Fsp3) is 0.267. The summed E-state index contributed by atoms with van der Waals surface area (Å²) in [6.07, 6.45) is 4.12. The second kappa shape index (κ2) is 4.33. The Morgan fingerprint density at radius 1 is 1.17 bits per heavy atom. The van der Waals surface area contributed by atoms with Crippen molar-refractivity contribution in [3.05, 3.63) is 52.4 Å². The van der Waals surface area contributed by atoms with Crippen LogP contribution in [0.3, 0.4) is 0 Å². The SMILES string of the molecule is CN1CCCc2cc(-c3ccc(=O)[nH]c3)ccc21. The van der Waals surface area contributed by atoms with Crippen molar-refractivity contribution in [2.75, 3.05) is 18.5 Å². The summed E-state index contributed by atoms with van der Waals surface area (Å²) in [7, 11) is 2.14. The zero-order chi connectivity index (χ0) is 12.5. The topological polar surface area (TPSA) is 36.1 Å². The highest BCUT2D eigenvalue weighted by atomic mass is 16.1. The number of fused-ring (bicyclic) bond motifs is 1. The van der Waals surface area contributed by atoms with Gasteiger partial charge >= 0.3 is 0 Å². The summed E-state index contributed by atoms with van der Waals surface area (Å²) < 4.78 is 0. The summed E-state index contributed by atoms with van der Waals surface area (Å²) in [6.45, 7) is 1.13. The Morgan fingerprint density at radius 2 is 2.00 bits per heavy atom. The van der Waals surface area contributed by atoms with Gasteiger partial charge in [0.05, 0.1) is 0 Å². The van der Waals surface area contributed by atoms with Crippen molar-refractivity contribution in [1.82, 2.24) is 4.98 Å². The van der Waals surface area contributed by atoms with E-state index in [1.54, 1.807) is 12.3 Å². The maximum atomic E-state index is 11.1. The highest BCUT2D eigenvalue weighted by molar-refractivity contribution is 5.69. The van der Waals surface area contributed by atoms with Gasteiger partial charge in [0.1, 0.15) is 0 Å². The van der Waals surface area contributed by atoms with Gasteiger partial charge in [-0.05, 0) is 47.7 Å². The first kappa shape index (κ1) is 11.1. The molecule has 1 aromatic heterocycles. The van der Waals surface area contributed by atoms with Crippen LogP contribution in [0.1, 0.15) is 12.0 Å². The lowest BCUT2D eigenvalue weighted by atomic mass is 9.97. The van der Waals surface area contributed by atoms with Gasteiger partial charge < -0.3 is 9.88 Å². The molecular weight excluding hydrogens is 224 g/mol. The first-order chi connectivity index (χ1) is 8.74. The molecule has 3 heteroatoms. The summed E-state index contributed by atoms with van der Waals surface area (Å²) >= 11 is 0. The third-order valence-electron chi connectivity index (χ3n) is 3.55. The Balaban J connectivity index is 2.04. The molecule has 0 amide bonds. The third kappa shape index (κ3) is 1.92. The number of aromatic amines is 1. The van der Waals surface area contributed by atoms with Gasteiger partial charge in [0.25, 0.3) is 0 Å². The van der Waals surface area contributed by atoms with Crippen molar-refractivity contribution < 1.29 is 0 Å². The van der Waals surface area contributed by atoms with Crippen LogP contribution in [-0.4, -0.2) is 18.6 Å². The van der Waals surface area contributed by atoms with Crippen molar-refractivity contribution in [3.8, 4) is 11.1 Å².